The minimum Gasteiger partial charge on any atom is -0.490 e. The van der Waals surface area contributed by atoms with E-state index in [0.29, 0.717) is 6.54 Å². The molecular weight excluding hydrogens is 192 g/mol. The second-order valence-corrected chi connectivity index (χ2v) is 3.60. The molecule has 1 aliphatic heterocycles. The molecule has 1 aromatic carbocycles. The zero-order chi connectivity index (χ0) is 10.7. The summed E-state index contributed by atoms with van der Waals surface area (Å²) in [5, 5.41) is 0. The maximum absolute atomic E-state index is 5.60. The summed E-state index contributed by atoms with van der Waals surface area (Å²) in [6.45, 7) is 2.39. The average molecular weight is 208 g/mol. The topological polar surface area (TPSA) is 33.7 Å². The van der Waals surface area contributed by atoms with Gasteiger partial charge in [0.15, 0.2) is 0 Å². The highest BCUT2D eigenvalue weighted by Gasteiger charge is 2.14. The summed E-state index contributed by atoms with van der Waals surface area (Å²) in [5.41, 5.74) is 5.13. The molecule has 0 radical (unpaired) electrons. The Morgan fingerprint density at radius 2 is 2.40 bits per heavy atom. The van der Waals surface area contributed by atoms with Gasteiger partial charge in [0.25, 0.3) is 0 Å². The number of rotatable bonds is 3. The summed E-state index contributed by atoms with van der Waals surface area (Å²) in [5.74, 6) is 0.958. The minimum absolute atomic E-state index is 0.691. The number of hydrogen-bond acceptors (Lipinski definition) is 4. The van der Waals surface area contributed by atoms with Gasteiger partial charge in [-0.05, 0) is 17.7 Å². The lowest BCUT2D eigenvalue weighted by molar-refractivity contribution is 0.0866. The van der Waals surface area contributed by atoms with E-state index >= 15 is 0 Å². The molecule has 4 heteroatoms. The first-order valence-electron chi connectivity index (χ1n) is 5.04. The SMILES string of the molecule is CONCc1ccc2c(c1)OCCN2C. The second-order valence-electron chi connectivity index (χ2n) is 3.60. The maximum Gasteiger partial charge on any atom is 0.143 e. The van der Waals surface area contributed by atoms with Gasteiger partial charge in [0.2, 0.25) is 0 Å². The number of hydrogen-bond donors (Lipinski definition) is 1. The second kappa shape index (κ2) is 4.51. The van der Waals surface area contributed by atoms with Crippen LogP contribution in [0.1, 0.15) is 5.56 Å². The summed E-state index contributed by atoms with van der Waals surface area (Å²) in [6, 6.07) is 6.22. The fourth-order valence-corrected chi connectivity index (χ4v) is 1.67. The fourth-order valence-electron chi connectivity index (χ4n) is 1.67. The molecule has 82 valence electrons. The molecule has 0 aliphatic carbocycles. The van der Waals surface area contributed by atoms with Gasteiger partial charge in [0, 0.05) is 13.6 Å². The van der Waals surface area contributed by atoms with Gasteiger partial charge in [-0.15, -0.1) is 0 Å². The van der Waals surface area contributed by atoms with E-state index in [1.165, 1.54) is 0 Å². The Morgan fingerprint density at radius 1 is 1.53 bits per heavy atom. The first-order chi connectivity index (χ1) is 7.31. The van der Waals surface area contributed by atoms with E-state index in [2.05, 4.69) is 35.6 Å². The van der Waals surface area contributed by atoms with Crippen LogP contribution in [0.25, 0.3) is 0 Å². The van der Waals surface area contributed by atoms with Crippen molar-refractivity contribution in [3.8, 4) is 5.75 Å². The Balaban J connectivity index is 2.18. The largest absolute Gasteiger partial charge is 0.490 e. The van der Waals surface area contributed by atoms with E-state index in [-0.39, 0.29) is 0 Å². The van der Waals surface area contributed by atoms with Crippen molar-refractivity contribution in [1.82, 2.24) is 5.48 Å². The zero-order valence-corrected chi connectivity index (χ0v) is 9.12. The Hall–Kier alpha value is -1.26. The number of benzene rings is 1. The van der Waals surface area contributed by atoms with Crippen LogP contribution in [0, 0.1) is 0 Å². The molecule has 1 aliphatic rings. The van der Waals surface area contributed by atoms with E-state index in [9.17, 15) is 0 Å². The Morgan fingerprint density at radius 3 is 3.20 bits per heavy atom. The predicted octanol–water partition coefficient (Wildman–Crippen LogP) is 1.17. The third-order valence-electron chi connectivity index (χ3n) is 2.54. The van der Waals surface area contributed by atoms with Crippen molar-refractivity contribution in [1.29, 1.82) is 0 Å². The van der Waals surface area contributed by atoms with Gasteiger partial charge in [-0.25, -0.2) is 0 Å². The molecule has 2 rings (SSSR count). The predicted molar refractivity (Wildman–Crippen MR) is 59.1 cm³/mol. The minimum atomic E-state index is 0.691. The standard InChI is InChI=1S/C11H16N2O2/c1-13-5-6-15-11-7-9(8-12-14-2)3-4-10(11)13/h3-4,7,12H,5-6,8H2,1-2H3. The summed E-state index contributed by atoms with van der Waals surface area (Å²) < 4.78 is 5.60. The Bertz CT molecular complexity index is 341. The summed E-state index contributed by atoms with van der Waals surface area (Å²) in [6.07, 6.45) is 0. The molecule has 15 heavy (non-hydrogen) atoms. The van der Waals surface area contributed by atoms with Gasteiger partial charge in [0.1, 0.15) is 12.4 Å². The number of ether oxygens (including phenoxy) is 1. The van der Waals surface area contributed by atoms with Crippen molar-refractivity contribution in [3.63, 3.8) is 0 Å². The van der Waals surface area contributed by atoms with Gasteiger partial charge in [-0.1, -0.05) is 6.07 Å². The van der Waals surface area contributed by atoms with Crippen molar-refractivity contribution >= 4 is 5.69 Å². The number of nitrogens with one attached hydrogen (secondary N) is 1. The van der Waals surface area contributed by atoms with Crippen LogP contribution in [-0.2, 0) is 11.4 Å². The molecule has 1 heterocycles. The molecule has 4 nitrogen and oxygen atoms in total. The van der Waals surface area contributed by atoms with Gasteiger partial charge in [-0.3, -0.25) is 0 Å². The monoisotopic (exact) mass is 208 g/mol. The van der Waals surface area contributed by atoms with Gasteiger partial charge in [-0.2, -0.15) is 5.48 Å². The van der Waals surface area contributed by atoms with E-state index in [1.54, 1.807) is 7.11 Å². The maximum atomic E-state index is 5.60. The Labute approximate surface area is 89.7 Å². The molecule has 0 saturated carbocycles. The van der Waals surface area contributed by atoms with Crippen LogP contribution in [0.5, 0.6) is 5.75 Å². The lowest BCUT2D eigenvalue weighted by Crippen LogP contribution is -2.28. The van der Waals surface area contributed by atoms with E-state index in [4.69, 9.17) is 9.57 Å². The number of fused-ring (bicyclic) bond motifs is 1. The molecule has 1 N–H and O–H groups in total. The molecule has 0 fully saturated rings. The van der Waals surface area contributed by atoms with E-state index in [0.717, 1.165) is 30.2 Å². The van der Waals surface area contributed by atoms with Crippen LogP contribution in [0.4, 0.5) is 5.69 Å². The average Bonchev–Trinajstić information content (AvgIpc) is 2.26. The van der Waals surface area contributed by atoms with Crippen LogP contribution in [0.15, 0.2) is 18.2 Å². The summed E-state index contributed by atoms with van der Waals surface area (Å²) >= 11 is 0. The smallest absolute Gasteiger partial charge is 0.143 e. The Kier molecular flexibility index (Phi) is 3.08. The number of anilines is 1. The number of hydroxylamine groups is 1. The summed E-state index contributed by atoms with van der Waals surface area (Å²) in [7, 11) is 3.69. The first-order valence-corrected chi connectivity index (χ1v) is 5.04. The quantitative estimate of drug-likeness (QED) is 0.756. The highest BCUT2D eigenvalue weighted by Crippen LogP contribution is 2.31. The summed E-state index contributed by atoms with van der Waals surface area (Å²) in [4.78, 5) is 7.01. The van der Waals surface area contributed by atoms with Crippen molar-refractivity contribution in [2.75, 3.05) is 32.2 Å². The van der Waals surface area contributed by atoms with E-state index < -0.39 is 0 Å². The van der Waals surface area contributed by atoms with Crippen LogP contribution in [-0.4, -0.2) is 27.3 Å². The van der Waals surface area contributed by atoms with E-state index in [1.807, 2.05) is 0 Å². The normalized spacial score (nSPS) is 14.7. The fraction of sp³-hybridized carbons (Fsp3) is 0.455. The molecule has 0 spiro atoms. The van der Waals surface area contributed by atoms with Crippen LogP contribution >= 0.6 is 0 Å². The highest BCUT2D eigenvalue weighted by molar-refractivity contribution is 5.60. The third-order valence-corrected chi connectivity index (χ3v) is 2.54. The highest BCUT2D eigenvalue weighted by atomic mass is 16.6. The molecule has 0 amide bonds. The molecule has 1 aromatic rings. The third kappa shape index (κ3) is 2.22. The first kappa shape index (κ1) is 10.3. The van der Waals surface area contributed by atoms with Gasteiger partial charge >= 0.3 is 0 Å². The van der Waals surface area contributed by atoms with Crippen molar-refractivity contribution in [3.05, 3.63) is 23.8 Å². The van der Waals surface area contributed by atoms with Crippen molar-refractivity contribution in [2.24, 2.45) is 0 Å². The lowest BCUT2D eigenvalue weighted by atomic mass is 10.1. The molecule has 0 atom stereocenters. The van der Waals surface area contributed by atoms with Crippen molar-refractivity contribution < 1.29 is 9.57 Å². The van der Waals surface area contributed by atoms with Crippen molar-refractivity contribution in [2.45, 2.75) is 6.54 Å². The molecule has 0 aromatic heterocycles. The van der Waals surface area contributed by atoms with Crippen LogP contribution < -0.4 is 15.1 Å². The molecule has 0 saturated heterocycles. The number of likely N-dealkylation sites (N-methyl/N-ethyl adjacent to an activating group) is 1. The number of nitrogens with zero attached hydrogens (tertiary/aromatic N) is 1. The molecule has 0 unspecified atom stereocenters. The van der Waals surface area contributed by atoms with Crippen LogP contribution in [0.3, 0.4) is 0 Å². The molecule has 0 bridgehead atoms. The van der Waals surface area contributed by atoms with Crippen LogP contribution in [0.2, 0.25) is 0 Å². The zero-order valence-electron chi connectivity index (χ0n) is 9.12. The lowest BCUT2D eigenvalue weighted by Gasteiger charge is -2.27. The van der Waals surface area contributed by atoms with Gasteiger partial charge in [0.05, 0.1) is 19.3 Å². The molecular formula is C11H16N2O2. The van der Waals surface area contributed by atoms with Gasteiger partial charge < -0.3 is 14.5 Å².